The van der Waals surface area contributed by atoms with Gasteiger partial charge in [-0.25, -0.2) is 9.97 Å². The van der Waals surface area contributed by atoms with Crippen molar-refractivity contribution in [1.82, 2.24) is 15.4 Å². The highest BCUT2D eigenvalue weighted by molar-refractivity contribution is 7.09. The molecule has 3 aromatic rings. The number of rotatable bonds is 8. The van der Waals surface area contributed by atoms with Crippen LogP contribution in [0.1, 0.15) is 15.2 Å². The van der Waals surface area contributed by atoms with Crippen molar-refractivity contribution < 1.29 is 9.72 Å². The van der Waals surface area contributed by atoms with Crippen molar-refractivity contribution in [3.8, 4) is 0 Å². The van der Waals surface area contributed by atoms with Crippen molar-refractivity contribution in [2.75, 3.05) is 17.3 Å². The van der Waals surface area contributed by atoms with E-state index in [9.17, 15) is 14.9 Å². The number of amides is 1. The standard InChI is InChI=1S/C17H16N6O3S/c24-17(12-5-2-1-3-6-12)22-21-16-14(23(25)26)15(19-11-20-16)18-9-8-13-7-4-10-27-13/h1-7,10-11H,8-9H2,(H,22,24)(H2,18,19,20,21). The van der Waals surface area contributed by atoms with Crippen molar-refractivity contribution in [2.45, 2.75) is 6.42 Å². The van der Waals surface area contributed by atoms with E-state index < -0.39 is 10.8 Å². The predicted octanol–water partition coefficient (Wildman–Crippen LogP) is 2.86. The maximum absolute atomic E-state index is 12.1. The Hall–Kier alpha value is -3.53. The fourth-order valence-electron chi connectivity index (χ4n) is 2.31. The minimum atomic E-state index is -0.593. The number of nitrogens with one attached hydrogen (secondary N) is 3. The maximum Gasteiger partial charge on any atom is 0.354 e. The van der Waals surface area contributed by atoms with E-state index in [0.717, 1.165) is 4.88 Å². The van der Waals surface area contributed by atoms with Crippen molar-refractivity contribution in [2.24, 2.45) is 0 Å². The largest absolute Gasteiger partial charge is 0.364 e. The molecular formula is C17H16N6O3S. The molecule has 10 heteroatoms. The van der Waals surface area contributed by atoms with Crippen LogP contribution in [0.15, 0.2) is 54.2 Å². The molecule has 0 saturated heterocycles. The van der Waals surface area contributed by atoms with Gasteiger partial charge in [-0.05, 0) is 30.0 Å². The second-order valence-electron chi connectivity index (χ2n) is 5.38. The Bertz CT molecular complexity index is 918. The molecule has 2 aromatic heterocycles. The van der Waals surface area contributed by atoms with Crippen LogP contribution in [0.25, 0.3) is 0 Å². The smallest absolute Gasteiger partial charge is 0.354 e. The second kappa shape index (κ2) is 8.72. The normalized spacial score (nSPS) is 10.2. The highest BCUT2D eigenvalue weighted by atomic mass is 32.1. The number of thiophene rings is 1. The van der Waals surface area contributed by atoms with Gasteiger partial charge in [-0.3, -0.25) is 25.8 Å². The van der Waals surface area contributed by atoms with Crippen LogP contribution in [-0.2, 0) is 6.42 Å². The van der Waals surface area contributed by atoms with Gasteiger partial charge in [-0.2, -0.15) is 0 Å². The molecule has 0 fully saturated rings. The maximum atomic E-state index is 12.1. The Kier molecular flexibility index (Phi) is 5.90. The van der Waals surface area contributed by atoms with Crippen LogP contribution in [0.4, 0.5) is 17.3 Å². The second-order valence-corrected chi connectivity index (χ2v) is 6.41. The third-order valence-corrected chi connectivity index (χ3v) is 4.52. The highest BCUT2D eigenvalue weighted by Crippen LogP contribution is 2.28. The number of benzene rings is 1. The molecule has 0 atom stereocenters. The molecule has 0 unspecified atom stereocenters. The molecule has 1 aromatic carbocycles. The fourth-order valence-corrected chi connectivity index (χ4v) is 3.02. The van der Waals surface area contributed by atoms with Gasteiger partial charge >= 0.3 is 5.69 Å². The number of nitrogens with zero attached hydrogens (tertiary/aromatic N) is 3. The summed E-state index contributed by atoms with van der Waals surface area (Å²) in [6.45, 7) is 0.480. The molecule has 9 nitrogen and oxygen atoms in total. The zero-order valence-corrected chi connectivity index (χ0v) is 14.9. The summed E-state index contributed by atoms with van der Waals surface area (Å²) < 4.78 is 0. The monoisotopic (exact) mass is 384 g/mol. The molecule has 27 heavy (non-hydrogen) atoms. The first-order valence-electron chi connectivity index (χ1n) is 8.02. The SMILES string of the molecule is O=C(NNc1ncnc(NCCc2cccs2)c1[N+](=O)[O-])c1ccccc1. The minimum absolute atomic E-state index is 0.0861. The molecule has 1 amide bonds. The lowest BCUT2D eigenvalue weighted by molar-refractivity contribution is -0.383. The Morgan fingerprint density at radius 3 is 2.59 bits per heavy atom. The predicted molar refractivity (Wildman–Crippen MR) is 103 cm³/mol. The Balaban J connectivity index is 1.69. The van der Waals surface area contributed by atoms with Gasteiger partial charge in [0.05, 0.1) is 4.92 Å². The zero-order chi connectivity index (χ0) is 19.1. The van der Waals surface area contributed by atoms with Crippen LogP contribution in [0.3, 0.4) is 0 Å². The summed E-state index contributed by atoms with van der Waals surface area (Å²) in [6, 6.07) is 12.4. The lowest BCUT2D eigenvalue weighted by Crippen LogP contribution is -2.30. The van der Waals surface area contributed by atoms with Crippen molar-refractivity contribution in [3.63, 3.8) is 0 Å². The average Bonchev–Trinajstić information content (AvgIpc) is 3.20. The van der Waals surface area contributed by atoms with Crippen LogP contribution in [0.5, 0.6) is 0 Å². The van der Waals surface area contributed by atoms with E-state index in [1.165, 1.54) is 6.33 Å². The average molecular weight is 384 g/mol. The first-order valence-corrected chi connectivity index (χ1v) is 8.90. The topological polar surface area (TPSA) is 122 Å². The summed E-state index contributed by atoms with van der Waals surface area (Å²) in [5.74, 6) is -0.448. The van der Waals surface area contributed by atoms with E-state index in [-0.39, 0.29) is 17.3 Å². The number of hydrogen-bond donors (Lipinski definition) is 3. The van der Waals surface area contributed by atoms with Crippen LogP contribution in [-0.4, -0.2) is 27.3 Å². The number of anilines is 2. The number of carbonyl (C=O) groups excluding carboxylic acids is 1. The first kappa shape index (κ1) is 18.3. The van der Waals surface area contributed by atoms with E-state index in [0.29, 0.717) is 18.5 Å². The van der Waals surface area contributed by atoms with Crippen LogP contribution in [0.2, 0.25) is 0 Å². The Morgan fingerprint density at radius 2 is 1.89 bits per heavy atom. The Morgan fingerprint density at radius 1 is 1.11 bits per heavy atom. The van der Waals surface area contributed by atoms with Crippen LogP contribution >= 0.6 is 11.3 Å². The van der Waals surface area contributed by atoms with E-state index in [4.69, 9.17) is 0 Å². The van der Waals surface area contributed by atoms with Crippen LogP contribution in [0, 0.1) is 10.1 Å². The summed E-state index contributed by atoms with van der Waals surface area (Å²) in [5.41, 5.74) is 4.99. The van der Waals surface area contributed by atoms with Gasteiger partial charge in [0.25, 0.3) is 5.91 Å². The van der Waals surface area contributed by atoms with Gasteiger partial charge < -0.3 is 5.32 Å². The van der Waals surface area contributed by atoms with Crippen molar-refractivity contribution >= 4 is 34.6 Å². The number of carbonyl (C=O) groups is 1. The number of aromatic nitrogens is 2. The summed E-state index contributed by atoms with van der Waals surface area (Å²) in [6.07, 6.45) is 1.91. The summed E-state index contributed by atoms with van der Waals surface area (Å²) in [4.78, 5) is 32.0. The zero-order valence-electron chi connectivity index (χ0n) is 14.1. The number of hydrogen-bond acceptors (Lipinski definition) is 8. The molecule has 138 valence electrons. The van der Waals surface area contributed by atoms with E-state index >= 15 is 0 Å². The van der Waals surface area contributed by atoms with E-state index in [1.54, 1.807) is 41.7 Å². The van der Waals surface area contributed by atoms with E-state index in [2.05, 4.69) is 26.1 Å². The quantitative estimate of drug-likeness (QED) is 0.403. The molecule has 0 saturated carbocycles. The van der Waals surface area contributed by atoms with Gasteiger partial charge in [0, 0.05) is 17.0 Å². The van der Waals surface area contributed by atoms with Gasteiger partial charge in [0.1, 0.15) is 6.33 Å². The molecule has 0 aliphatic rings. The van der Waals surface area contributed by atoms with Crippen molar-refractivity contribution in [1.29, 1.82) is 0 Å². The summed E-state index contributed by atoms with van der Waals surface area (Å²) >= 11 is 1.61. The number of nitro groups is 1. The third-order valence-electron chi connectivity index (χ3n) is 3.58. The lowest BCUT2D eigenvalue weighted by atomic mass is 10.2. The summed E-state index contributed by atoms with van der Waals surface area (Å²) in [5, 5.41) is 16.4. The number of hydrazine groups is 1. The molecule has 3 rings (SSSR count). The van der Waals surface area contributed by atoms with Gasteiger partial charge in [-0.15, -0.1) is 11.3 Å². The molecule has 0 radical (unpaired) electrons. The molecule has 0 bridgehead atoms. The highest BCUT2D eigenvalue weighted by Gasteiger charge is 2.23. The molecule has 0 aliphatic carbocycles. The molecular weight excluding hydrogens is 368 g/mol. The van der Waals surface area contributed by atoms with Crippen LogP contribution < -0.4 is 16.2 Å². The first-order chi connectivity index (χ1) is 13.1. The molecule has 3 N–H and O–H groups in total. The van der Waals surface area contributed by atoms with Gasteiger partial charge in [0.15, 0.2) is 0 Å². The van der Waals surface area contributed by atoms with E-state index in [1.807, 2.05) is 17.5 Å². The van der Waals surface area contributed by atoms with Crippen molar-refractivity contribution in [3.05, 3.63) is 74.7 Å². The fraction of sp³-hybridized carbons (Fsp3) is 0.118. The third kappa shape index (κ3) is 4.76. The molecule has 0 spiro atoms. The lowest BCUT2D eigenvalue weighted by Gasteiger charge is -2.10. The van der Waals surface area contributed by atoms with Gasteiger partial charge in [0.2, 0.25) is 11.6 Å². The van der Waals surface area contributed by atoms with Gasteiger partial charge in [-0.1, -0.05) is 24.3 Å². The molecule has 2 heterocycles. The summed E-state index contributed by atoms with van der Waals surface area (Å²) in [7, 11) is 0. The minimum Gasteiger partial charge on any atom is -0.364 e. The Labute approximate surface area is 158 Å². The molecule has 0 aliphatic heterocycles.